The van der Waals surface area contributed by atoms with Crippen LogP contribution in [0.5, 0.6) is 0 Å². The number of rotatable bonds is 5. The lowest BCUT2D eigenvalue weighted by atomic mass is 10.3. The largest absolute Gasteiger partial charge is 0.110 e. The average Bonchev–Trinajstić information content (AvgIpc) is 1.80. The summed E-state index contributed by atoms with van der Waals surface area (Å²) in [4.78, 5) is 0. The average molecular weight is 183 g/mol. The Hall–Kier alpha value is 0.797. The summed E-state index contributed by atoms with van der Waals surface area (Å²) < 4.78 is -0.123. The van der Waals surface area contributed by atoms with Crippen LogP contribution in [0, 0.1) is 0 Å². The smallest absolute Gasteiger partial charge is 0.0929 e. The maximum absolute atomic E-state index is 5.53. The first-order valence-electron chi connectivity index (χ1n) is 3.29. The molecular weight excluding hydrogens is 171 g/mol. The molecule has 0 nitrogen and oxygen atoms in total. The molecule has 0 rings (SSSR count). The molecule has 0 aliphatic heterocycles. The minimum absolute atomic E-state index is 0.123. The Balaban J connectivity index is 2.75. The highest BCUT2D eigenvalue weighted by atomic mass is 35.5. The molecular formula is C6H12Cl2Si. The first-order chi connectivity index (χ1) is 4.27. The van der Waals surface area contributed by atoms with Crippen molar-refractivity contribution >= 4 is 32.7 Å². The van der Waals surface area contributed by atoms with Gasteiger partial charge in [0, 0.05) is 0 Å². The van der Waals surface area contributed by atoms with Gasteiger partial charge in [-0.3, -0.25) is 0 Å². The van der Waals surface area contributed by atoms with Crippen LogP contribution in [0.3, 0.4) is 0 Å². The monoisotopic (exact) mass is 182 g/mol. The molecule has 3 heteroatoms. The lowest BCUT2D eigenvalue weighted by Crippen LogP contribution is -1.99. The van der Waals surface area contributed by atoms with E-state index in [9.17, 15) is 0 Å². The Kier molecular flexibility index (Phi) is 7.52. The Labute approximate surface area is 69.7 Å². The maximum Gasteiger partial charge on any atom is 0.0929 e. The zero-order valence-electron chi connectivity index (χ0n) is 5.66. The van der Waals surface area contributed by atoms with E-state index in [4.69, 9.17) is 23.2 Å². The SMILES string of the molecule is CCCCC[Si]C(Cl)Cl. The molecule has 0 fully saturated rings. The Morgan fingerprint density at radius 1 is 1.33 bits per heavy atom. The number of hydrogen-bond donors (Lipinski definition) is 0. The minimum Gasteiger partial charge on any atom is -0.110 e. The minimum atomic E-state index is -0.123. The quantitative estimate of drug-likeness (QED) is 0.349. The highest BCUT2D eigenvalue weighted by Gasteiger charge is 1.97. The summed E-state index contributed by atoms with van der Waals surface area (Å²) in [6, 6.07) is 1.20. The van der Waals surface area contributed by atoms with Crippen LogP contribution in [0.4, 0.5) is 0 Å². The fourth-order valence-electron chi connectivity index (χ4n) is 0.586. The van der Waals surface area contributed by atoms with Crippen LogP contribution in [0.2, 0.25) is 6.04 Å². The summed E-state index contributed by atoms with van der Waals surface area (Å²) >= 11 is 11.1. The number of hydrogen-bond acceptors (Lipinski definition) is 0. The van der Waals surface area contributed by atoms with Crippen LogP contribution >= 0.6 is 23.2 Å². The number of halogens is 2. The van der Waals surface area contributed by atoms with Crippen molar-refractivity contribution in [2.24, 2.45) is 0 Å². The van der Waals surface area contributed by atoms with Gasteiger partial charge < -0.3 is 0 Å². The summed E-state index contributed by atoms with van der Waals surface area (Å²) in [5.41, 5.74) is 0. The van der Waals surface area contributed by atoms with Gasteiger partial charge in [-0.05, 0) is 0 Å². The van der Waals surface area contributed by atoms with E-state index in [1.165, 1.54) is 25.3 Å². The zero-order valence-corrected chi connectivity index (χ0v) is 8.17. The van der Waals surface area contributed by atoms with Crippen LogP contribution in [-0.2, 0) is 0 Å². The van der Waals surface area contributed by atoms with Crippen LogP contribution in [-0.4, -0.2) is 14.0 Å². The van der Waals surface area contributed by atoms with E-state index in [2.05, 4.69) is 6.92 Å². The van der Waals surface area contributed by atoms with Gasteiger partial charge in [0.15, 0.2) is 0 Å². The molecule has 0 amide bonds. The summed E-state index contributed by atoms with van der Waals surface area (Å²) in [5, 5.41) is 0. The number of unbranched alkanes of at least 4 members (excludes halogenated alkanes) is 2. The molecule has 54 valence electrons. The molecule has 0 spiro atoms. The molecule has 0 heterocycles. The van der Waals surface area contributed by atoms with Crippen LogP contribution < -0.4 is 0 Å². The molecule has 0 saturated carbocycles. The van der Waals surface area contributed by atoms with Crippen molar-refractivity contribution in [2.45, 2.75) is 36.7 Å². The molecule has 0 aliphatic carbocycles. The molecule has 0 aromatic carbocycles. The predicted molar refractivity (Wildman–Crippen MR) is 45.6 cm³/mol. The van der Waals surface area contributed by atoms with Gasteiger partial charge in [0.2, 0.25) is 0 Å². The summed E-state index contributed by atoms with van der Waals surface area (Å²) in [6.07, 6.45) is 3.87. The Morgan fingerprint density at radius 3 is 2.44 bits per heavy atom. The second-order valence-corrected chi connectivity index (χ2v) is 5.28. The van der Waals surface area contributed by atoms with E-state index in [1.807, 2.05) is 0 Å². The van der Waals surface area contributed by atoms with Crippen molar-refractivity contribution in [2.75, 3.05) is 0 Å². The first kappa shape index (κ1) is 9.80. The van der Waals surface area contributed by atoms with Crippen LogP contribution in [0.1, 0.15) is 26.2 Å². The molecule has 0 saturated heterocycles. The third-order valence-corrected chi connectivity index (χ3v) is 2.96. The molecule has 0 N–H and O–H groups in total. The lowest BCUT2D eigenvalue weighted by Gasteiger charge is -1.96. The van der Waals surface area contributed by atoms with E-state index >= 15 is 0 Å². The third kappa shape index (κ3) is 8.80. The summed E-state index contributed by atoms with van der Waals surface area (Å²) in [7, 11) is 0.729. The first-order valence-corrected chi connectivity index (χ1v) is 5.44. The molecule has 9 heavy (non-hydrogen) atoms. The summed E-state index contributed by atoms with van der Waals surface area (Å²) in [6.45, 7) is 2.20. The van der Waals surface area contributed by atoms with Crippen molar-refractivity contribution in [3.05, 3.63) is 0 Å². The molecule has 0 bridgehead atoms. The fourth-order valence-corrected chi connectivity index (χ4v) is 1.91. The van der Waals surface area contributed by atoms with Crippen molar-refractivity contribution < 1.29 is 0 Å². The predicted octanol–water partition coefficient (Wildman–Crippen LogP) is 3.06. The molecule has 0 atom stereocenters. The van der Waals surface area contributed by atoms with Gasteiger partial charge in [0.1, 0.15) is 0 Å². The topological polar surface area (TPSA) is 0 Å². The van der Waals surface area contributed by atoms with Crippen LogP contribution in [0.25, 0.3) is 0 Å². The summed E-state index contributed by atoms with van der Waals surface area (Å²) in [5.74, 6) is 0. The van der Waals surface area contributed by atoms with Crippen molar-refractivity contribution in [3.8, 4) is 0 Å². The standard InChI is InChI=1S/C6H12Cl2Si/c1-2-3-4-5-9-6(7)8/h6H,2-5H2,1H3. The lowest BCUT2D eigenvalue weighted by molar-refractivity contribution is 0.768. The van der Waals surface area contributed by atoms with Crippen molar-refractivity contribution in [1.29, 1.82) is 0 Å². The molecule has 0 aromatic heterocycles. The van der Waals surface area contributed by atoms with Crippen molar-refractivity contribution in [1.82, 2.24) is 0 Å². The maximum atomic E-state index is 5.53. The molecule has 0 unspecified atom stereocenters. The highest BCUT2D eigenvalue weighted by molar-refractivity contribution is 6.68. The third-order valence-electron chi connectivity index (χ3n) is 1.08. The molecule has 0 aromatic rings. The van der Waals surface area contributed by atoms with Crippen LogP contribution in [0.15, 0.2) is 0 Å². The van der Waals surface area contributed by atoms with Gasteiger partial charge in [-0.25, -0.2) is 0 Å². The number of alkyl halides is 2. The van der Waals surface area contributed by atoms with Crippen molar-refractivity contribution in [3.63, 3.8) is 0 Å². The Morgan fingerprint density at radius 2 is 2.00 bits per heavy atom. The van der Waals surface area contributed by atoms with E-state index in [0.717, 1.165) is 9.52 Å². The second kappa shape index (κ2) is 6.91. The van der Waals surface area contributed by atoms with Gasteiger partial charge >= 0.3 is 0 Å². The molecule has 0 aliphatic rings. The van der Waals surface area contributed by atoms with E-state index in [1.54, 1.807) is 0 Å². The highest BCUT2D eigenvalue weighted by Crippen LogP contribution is 2.05. The van der Waals surface area contributed by atoms with Gasteiger partial charge in [0.05, 0.1) is 14.0 Å². The van der Waals surface area contributed by atoms with Gasteiger partial charge in [-0.2, -0.15) is 0 Å². The normalized spacial score (nSPS) is 10.7. The van der Waals surface area contributed by atoms with E-state index < -0.39 is 0 Å². The fraction of sp³-hybridized carbons (Fsp3) is 1.00. The van der Waals surface area contributed by atoms with E-state index in [-0.39, 0.29) is 4.46 Å². The molecule has 2 radical (unpaired) electrons. The Bertz CT molecular complexity index is 57.0. The van der Waals surface area contributed by atoms with E-state index in [0.29, 0.717) is 0 Å². The van der Waals surface area contributed by atoms with Gasteiger partial charge in [-0.1, -0.05) is 32.2 Å². The zero-order chi connectivity index (χ0) is 7.11. The van der Waals surface area contributed by atoms with Gasteiger partial charge in [-0.15, -0.1) is 23.2 Å². The van der Waals surface area contributed by atoms with Gasteiger partial charge in [0.25, 0.3) is 0 Å². The second-order valence-electron chi connectivity index (χ2n) is 1.96.